The summed E-state index contributed by atoms with van der Waals surface area (Å²) in [5.74, 6) is 0. The van der Waals surface area contributed by atoms with Crippen LogP contribution in [0.4, 0.5) is 0 Å². The van der Waals surface area contributed by atoms with Crippen molar-refractivity contribution in [2.45, 2.75) is 19.1 Å². The molecule has 0 fully saturated rings. The van der Waals surface area contributed by atoms with E-state index in [1.54, 1.807) is 12.1 Å². The molecule has 0 aliphatic carbocycles. The molecule has 3 aromatic rings. The lowest BCUT2D eigenvalue weighted by Crippen LogP contribution is -2.19. The third-order valence-corrected chi connectivity index (χ3v) is 4.45. The fraction of sp³-hybridized carbons (Fsp3) is 0.143. The Morgan fingerprint density at radius 1 is 0.833 bits per heavy atom. The summed E-state index contributed by atoms with van der Waals surface area (Å²) in [4.78, 5) is 0. The molecule has 0 aromatic heterocycles. The summed E-state index contributed by atoms with van der Waals surface area (Å²) >= 11 is 5.90. The molecule has 3 N–H and O–H groups in total. The average Bonchev–Trinajstić information content (AvgIpc) is 2.61. The summed E-state index contributed by atoms with van der Waals surface area (Å²) in [6, 6.07) is 23.0. The first kappa shape index (κ1) is 16.7. The van der Waals surface area contributed by atoms with Gasteiger partial charge in [0, 0.05) is 5.02 Å². The first-order chi connectivity index (χ1) is 11.5. The number of rotatable bonds is 4. The number of aliphatic hydroxyl groups excluding tert-OH is 1. The molecule has 0 saturated heterocycles. The Hall–Kier alpha value is -2.13. The maximum absolute atomic E-state index is 10.6. The van der Waals surface area contributed by atoms with E-state index in [1.165, 1.54) is 5.56 Å². The molecule has 0 amide bonds. The molecule has 0 bridgehead atoms. The predicted molar refractivity (Wildman–Crippen MR) is 100.0 cm³/mol. The van der Waals surface area contributed by atoms with Gasteiger partial charge in [0.2, 0.25) is 0 Å². The quantitative estimate of drug-likeness (QED) is 0.699. The zero-order chi connectivity index (χ0) is 17.1. The fourth-order valence-corrected chi connectivity index (χ4v) is 2.90. The van der Waals surface area contributed by atoms with Crippen LogP contribution in [0.3, 0.4) is 0 Å². The van der Waals surface area contributed by atoms with Crippen molar-refractivity contribution in [3.05, 3.63) is 94.5 Å². The van der Waals surface area contributed by atoms with Crippen molar-refractivity contribution in [2.75, 3.05) is 0 Å². The van der Waals surface area contributed by atoms with E-state index in [1.807, 2.05) is 42.5 Å². The molecular formula is C21H20ClNO. The van der Waals surface area contributed by atoms with E-state index in [-0.39, 0.29) is 0 Å². The molecule has 2 atom stereocenters. The van der Waals surface area contributed by atoms with Gasteiger partial charge in [-0.15, -0.1) is 0 Å². The van der Waals surface area contributed by atoms with Gasteiger partial charge in [-0.25, -0.2) is 0 Å². The Bertz CT molecular complexity index is 812. The molecule has 0 saturated carbocycles. The summed E-state index contributed by atoms with van der Waals surface area (Å²) < 4.78 is 0. The molecule has 0 radical (unpaired) electrons. The van der Waals surface area contributed by atoms with Gasteiger partial charge in [-0.1, -0.05) is 77.8 Å². The van der Waals surface area contributed by atoms with Gasteiger partial charge >= 0.3 is 0 Å². The second kappa shape index (κ2) is 7.18. The molecule has 0 aliphatic heterocycles. The Kier molecular flexibility index (Phi) is 5.00. The van der Waals surface area contributed by atoms with Crippen LogP contribution in [0.25, 0.3) is 11.1 Å². The number of hydrogen-bond donors (Lipinski definition) is 2. The third-order valence-electron chi connectivity index (χ3n) is 4.20. The van der Waals surface area contributed by atoms with Crippen molar-refractivity contribution in [3.63, 3.8) is 0 Å². The fourth-order valence-electron chi connectivity index (χ4n) is 2.77. The minimum atomic E-state index is -0.766. The lowest BCUT2D eigenvalue weighted by atomic mass is 9.95. The number of halogens is 1. The van der Waals surface area contributed by atoms with Gasteiger partial charge in [0.15, 0.2) is 0 Å². The molecule has 0 unspecified atom stereocenters. The van der Waals surface area contributed by atoms with Gasteiger partial charge in [-0.05, 0) is 41.3 Å². The molecule has 24 heavy (non-hydrogen) atoms. The smallest absolute Gasteiger partial charge is 0.0982 e. The van der Waals surface area contributed by atoms with Gasteiger partial charge in [0.1, 0.15) is 0 Å². The van der Waals surface area contributed by atoms with Crippen LogP contribution < -0.4 is 5.73 Å². The number of hydrogen-bond acceptors (Lipinski definition) is 2. The van der Waals surface area contributed by atoms with E-state index in [9.17, 15) is 5.11 Å². The normalized spacial score (nSPS) is 13.5. The lowest BCUT2D eigenvalue weighted by Gasteiger charge is -2.20. The first-order valence-electron chi connectivity index (χ1n) is 7.91. The molecule has 0 spiro atoms. The average molecular weight is 338 g/mol. The van der Waals surface area contributed by atoms with Crippen LogP contribution in [0.5, 0.6) is 0 Å². The molecule has 0 heterocycles. The third kappa shape index (κ3) is 3.68. The Balaban J connectivity index is 1.80. The zero-order valence-electron chi connectivity index (χ0n) is 13.5. The Morgan fingerprint density at radius 2 is 1.46 bits per heavy atom. The number of aryl methyl sites for hydroxylation is 1. The predicted octanol–water partition coefficient (Wildman–Crippen LogP) is 5.05. The number of benzene rings is 3. The Labute approximate surface area is 147 Å². The monoisotopic (exact) mass is 337 g/mol. The van der Waals surface area contributed by atoms with E-state index in [2.05, 4.69) is 25.1 Å². The van der Waals surface area contributed by atoms with E-state index >= 15 is 0 Å². The maximum atomic E-state index is 10.6. The van der Waals surface area contributed by atoms with Gasteiger partial charge in [0.25, 0.3) is 0 Å². The van der Waals surface area contributed by atoms with E-state index in [4.69, 9.17) is 17.3 Å². The molecular weight excluding hydrogens is 318 g/mol. The summed E-state index contributed by atoms with van der Waals surface area (Å²) in [7, 11) is 0. The first-order valence-corrected chi connectivity index (χ1v) is 8.28. The van der Waals surface area contributed by atoms with Crippen molar-refractivity contribution in [1.82, 2.24) is 0 Å². The standard InChI is InChI=1S/C21H20ClNO/c1-14-3-2-4-18(13-14)15-5-7-17(8-6-15)21(24)20(23)16-9-11-19(22)12-10-16/h2-13,20-21,24H,23H2,1H3/t20-,21+/m0/s1. The minimum absolute atomic E-state index is 0.493. The van der Waals surface area contributed by atoms with Crippen molar-refractivity contribution < 1.29 is 5.11 Å². The summed E-state index contributed by atoms with van der Waals surface area (Å²) in [6.07, 6.45) is -0.766. The highest BCUT2D eigenvalue weighted by Crippen LogP contribution is 2.29. The summed E-state index contributed by atoms with van der Waals surface area (Å²) in [5, 5.41) is 11.2. The van der Waals surface area contributed by atoms with Gasteiger partial charge in [-0.2, -0.15) is 0 Å². The summed E-state index contributed by atoms with van der Waals surface area (Å²) in [6.45, 7) is 2.08. The highest BCUT2D eigenvalue weighted by Gasteiger charge is 2.18. The van der Waals surface area contributed by atoms with Crippen LogP contribution in [-0.4, -0.2) is 5.11 Å². The van der Waals surface area contributed by atoms with Crippen molar-refractivity contribution >= 4 is 11.6 Å². The van der Waals surface area contributed by atoms with Crippen molar-refractivity contribution in [2.24, 2.45) is 5.73 Å². The van der Waals surface area contributed by atoms with Gasteiger partial charge in [-0.3, -0.25) is 0 Å². The zero-order valence-corrected chi connectivity index (χ0v) is 14.2. The van der Waals surface area contributed by atoms with Crippen LogP contribution in [0.15, 0.2) is 72.8 Å². The van der Waals surface area contributed by atoms with E-state index in [0.29, 0.717) is 5.02 Å². The number of nitrogens with two attached hydrogens (primary N) is 1. The van der Waals surface area contributed by atoms with Gasteiger partial charge < -0.3 is 10.8 Å². The second-order valence-corrected chi connectivity index (χ2v) is 6.45. The highest BCUT2D eigenvalue weighted by atomic mass is 35.5. The van der Waals surface area contributed by atoms with E-state index < -0.39 is 12.1 Å². The summed E-state index contributed by atoms with van der Waals surface area (Å²) in [5.41, 5.74) is 11.4. The lowest BCUT2D eigenvalue weighted by molar-refractivity contribution is 0.147. The molecule has 3 rings (SSSR count). The largest absolute Gasteiger partial charge is 0.386 e. The topological polar surface area (TPSA) is 46.2 Å². The van der Waals surface area contributed by atoms with Crippen LogP contribution in [-0.2, 0) is 0 Å². The van der Waals surface area contributed by atoms with Crippen LogP contribution in [0.1, 0.15) is 28.8 Å². The maximum Gasteiger partial charge on any atom is 0.0982 e. The second-order valence-electron chi connectivity index (χ2n) is 6.01. The molecule has 2 nitrogen and oxygen atoms in total. The van der Waals surface area contributed by atoms with E-state index in [0.717, 1.165) is 22.3 Å². The van der Waals surface area contributed by atoms with Crippen molar-refractivity contribution in [3.8, 4) is 11.1 Å². The van der Waals surface area contributed by atoms with Gasteiger partial charge in [0.05, 0.1) is 12.1 Å². The molecule has 3 heteroatoms. The van der Waals surface area contributed by atoms with Crippen LogP contribution in [0, 0.1) is 6.92 Å². The van der Waals surface area contributed by atoms with Crippen LogP contribution >= 0.6 is 11.6 Å². The highest BCUT2D eigenvalue weighted by molar-refractivity contribution is 6.30. The Morgan fingerprint density at radius 3 is 2.08 bits per heavy atom. The molecule has 0 aliphatic rings. The minimum Gasteiger partial charge on any atom is -0.386 e. The van der Waals surface area contributed by atoms with Crippen LogP contribution in [0.2, 0.25) is 5.02 Å². The molecule has 122 valence electrons. The number of aliphatic hydroxyl groups is 1. The van der Waals surface area contributed by atoms with Crippen molar-refractivity contribution in [1.29, 1.82) is 0 Å². The molecule has 3 aromatic carbocycles. The SMILES string of the molecule is Cc1cccc(-c2ccc([C@@H](O)[C@@H](N)c3ccc(Cl)cc3)cc2)c1.